The molecule has 1 N–H and O–H groups in total. The second-order valence-electron chi connectivity index (χ2n) is 3.23. The molecule has 0 aliphatic rings. The van der Waals surface area contributed by atoms with E-state index in [1.54, 1.807) is 12.1 Å². The van der Waals surface area contributed by atoms with Gasteiger partial charge in [-0.3, -0.25) is 0 Å². The Labute approximate surface area is 91.7 Å². The standard InChI is InChI=1S/C10H9NO3Se/c1-6(10(13)14)11-9(12)7-4-2-3-5-8(7)15-11/h2-6H,1H3,(H,13,14)/t6-/m0/s1. The Morgan fingerprint density at radius 3 is 2.73 bits per heavy atom. The van der Waals surface area contributed by atoms with E-state index in [-0.39, 0.29) is 20.3 Å². The van der Waals surface area contributed by atoms with Crippen LogP contribution in [0.5, 0.6) is 0 Å². The molecule has 4 nitrogen and oxygen atoms in total. The van der Waals surface area contributed by atoms with Gasteiger partial charge in [-0.2, -0.15) is 0 Å². The van der Waals surface area contributed by atoms with Crippen LogP contribution in [0.25, 0.3) is 9.65 Å². The minimum absolute atomic E-state index is 0.166. The topological polar surface area (TPSA) is 59.3 Å². The summed E-state index contributed by atoms with van der Waals surface area (Å²) in [6, 6.07) is 6.53. The van der Waals surface area contributed by atoms with Gasteiger partial charge < -0.3 is 0 Å². The van der Waals surface area contributed by atoms with Crippen molar-refractivity contribution in [1.29, 1.82) is 0 Å². The summed E-state index contributed by atoms with van der Waals surface area (Å²) in [5, 5.41) is 9.50. The Kier molecular flexibility index (Phi) is 2.50. The first-order valence-corrected chi connectivity index (χ1v) is 6.07. The Morgan fingerprint density at radius 2 is 2.13 bits per heavy atom. The quantitative estimate of drug-likeness (QED) is 0.817. The Bertz CT molecular complexity index is 569. The molecular weight excluding hydrogens is 261 g/mol. The van der Waals surface area contributed by atoms with Crippen molar-refractivity contribution in [3.63, 3.8) is 0 Å². The van der Waals surface area contributed by atoms with Crippen LogP contribution in [0, 0.1) is 0 Å². The summed E-state index contributed by atoms with van der Waals surface area (Å²) in [6.45, 7) is 1.54. The van der Waals surface area contributed by atoms with E-state index in [0.717, 1.165) is 4.26 Å². The molecule has 0 bridgehead atoms. The molecule has 5 heteroatoms. The molecular formula is C10H9NO3Se. The fourth-order valence-corrected chi connectivity index (χ4v) is 3.51. The van der Waals surface area contributed by atoms with Gasteiger partial charge >= 0.3 is 91.4 Å². The van der Waals surface area contributed by atoms with Crippen LogP contribution in [-0.4, -0.2) is 29.4 Å². The van der Waals surface area contributed by atoms with E-state index in [9.17, 15) is 9.59 Å². The normalized spacial score (nSPS) is 12.9. The van der Waals surface area contributed by atoms with Crippen LogP contribution in [0.15, 0.2) is 29.1 Å². The summed E-state index contributed by atoms with van der Waals surface area (Å²) in [5.41, 5.74) is -0.166. The van der Waals surface area contributed by atoms with Gasteiger partial charge in [0.2, 0.25) is 0 Å². The molecule has 0 unspecified atom stereocenters. The van der Waals surface area contributed by atoms with Crippen molar-refractivity contribution in [1.82, 2.24) is 3.56 Å². The van der Waals surface area contributed by atoms with Gasteiger partial charge in [0, 0.05) is 0 Å². The SMILES string of the molecule is C[C@@H](C(=O)O)n1[se]c2ccccc2c1=O. The van der Waals surface area contributed by atoms with Gasteiger partial charge in [-0.25, -0.2) is 0 Å². The number of carboxylic acid groups (broad SMARTS) is 1. The van der Waals surface area contributed by atoms with Crippen LogP contribution in [0.2, 0.25) is 0 Å². The molecule has 0 amide bonds. The molecule has 0 saturated heterocycles. The van der Waals surface area contributed by atoms with Crippen molar-refractivity contribution >= 4 is 30.3 Å². The fourth-order valence-electron chi connectivity index (χ4n) is 1.34. The number of aromatic nitrogens is 1. The van der Waals surface area contributed by atoms with Crippen LogP contribution in [-0.2, 0) is 4.79 Å². The van der Waals surface area contributed by atoms with E-state index in [2.05, 4.69) is 0 Å². The van der Waals surface area contributed by atoms with Crippen LogP contribution in [0.3, 0.4) is 0 Å². The summed E-state index contributed by atoms with van der Waals surface area (Å²) in [7, 11) is 0. The molecule has 1 atom stereocenters. The summed E-state index contributed by atoms with van der Waals surface area (Å²) in [4.78, 5) is 22.6. The zero-order chi connectivity index (χ0) is 11.0. The first-order valence-electron chi connectivity index (χ1n) is 4.44. The molecule has 1 aromatic carbocycles. The number of nitrogens with zero attached hydrogens (tertiary/aromatic N) is 1. The average molecular weight is 270 g/mol. The molecule has 0 radical (unpaired) electrons. The van der Waals surface area contributed by atoms with Crippen LogP contribution >= 0.6 is 0 Å². The third-order valence-electron chi connectivity index (χ3n) is 2.22. The number of carbonyl (C=O) groups is 1. The molecule has 78 valence electrons. The summed E-state index contributed by atoms with van der Waals surface area (Å²) >= 11 is -0.203. The molecule has 0 aliphatic carbocycles. The third-order valence-corrected chi connectivity index (χ3v) is 4.81. The van der Waals surface area contributed by atoms with Crippen LogP contribution in [0.1, 0.15) is 13.0 Å². The number of hydrogen-bond donors (Lipinski definition) is 1. The molecule has 0 aliphatic heterocycles. The van der Waals surface area contributed by atoms with E-state index in [0.29, 0.717) is 5.39 Å². The number of benzene rings is 1. The van der Waals surface area contributed by atoms with Crippen molar-refractivity contribution in [2.24, 2.45) is 0 Å². The maximum absolute atomic E-state index is 11.8. The van der Waals surface area contributed by atoms with E-state index in [4.69, 9.17) is 5.11 Å². The zero-order valence-electron chi connectivity index (χ0n) is 8.01. The van der Waals surface area contributed by atoms with Crippen molar-refractivity contribution in [2.45, 2.75) is 13.0 Å². The first-order chi connectivity index (χ1) is 7.11. The van der Waals surface area contributed by atoms with Gasteiger partial charge in [-0.05, 0) is 0 Å². The van der Waals surface area contributed by atoms with Gasteiger partial charge in [0.1, 0.15) is 0 Å². The van der Waals surface area contributed by atoms with Gasteiger partial charge in [-0.15, -0.1) is 0 Å². The fraction of sp³-hybridized carbons (Fsp3) is 0.200. The van der Waals surface area contributed by atoms with Crippen molar-refractivity contribution in [2.75, 3.05) is 0 Å². The molecule has 2 rings (SSSR count). The van der Waals surface area contributed by atoms with Gasteiger partial charge in [0.25, 0.3) is 0 Å². The minimum atomic E-state index is -0.960. The van der Waals surface area contributed by atoms with Crippen LogP contribution < -0.4 is 5.56 Å². The molecule has 15 heavy (non-hydrogen) atoms. The molecule has 2 aromatic rings. The van der Waals surface area contributed by atoms with E-state index in [1.807, 2.05) is 12.1 Å². The molecule has 0 saturated carbocycles. The van der Waals surface area contributed by atoms with Gasteiger partial charge in [0.05, 0.1) is 0 Å². The van der Waals surface area contributed by atoms with Gasteiger partial charge in [-0.1, -0.05) is 0 Å². The maximum atomic E-state index is 11.8. The van der Waals surface area contributed by atoms with Crippen molar-refractivity contribution in [3.05, 3.63) is 34.6 Å². The third kappa shape index (κ3) is 1.64. The number of carboxylic acids is 1. The summed E-state index contributed by atoms with van der Waals surface area (Å²) < 4.78 is 2.39. The number of hydrogen-bond acceptors (Lipinski definition) is 2. The molecule has 1 heterocycles. The second kappa shape index (κ2) is 3.68. The summed E-state index contributed by atoms with van der Waals surface area (Å²) in [6.07, 6.45) is 0. The van der Waals surface area contributed by atoms with Crippen LogP contribution in [0.4, 0.5) is 0 Å². The molecule has 0 fully saturated rings. The van der Waals surface area contributed by atoms with E-state index in [1.165, 1.54) is 10.5 Å². The first kappa shape index (κ1) is 10.2. The average Bonchev–Trinajstić information content (AvgIpc) is 2.56. The Hall–Kier alpha value is -1.32. The summed E-state index contributed by atoms with van der Waals surface area (Å²) in [5.74, 6) is -0.960. The number of rotatable bonds is 2. The Balaban J connectivity index is 2.68. The zero-order valence-corrected chi connectivity index (χ0v) is 9.72. The number of fused-ring (bicyclic) bond motifs is 1. The number of aliphatic carboxylic acids is 1. The van der Waals surface area contributed by atoms with E-state index < -0.39 is 12.0 Å². The Morgan fingerprint density at radius 1 is 1.47 bits per heavy atom. The molecule has 1 aromatic heterocycles. The predicted molar refractivity (Wildman–Crippen MR) is 57.5 cm³/mol. The predicted octanol–water partition coefficient (Wildman–Crippen LogP) is 0.704. The second-order valence-corrected chi connectivity index (χ2v) is 5.36. The molecule has 0 spiro atoms. The van der Waals surface area contributed by atoms with Crippen molar-refractivity contribution < 1.29 is 9.90 Å². The van der Waals surface area contributed by atoms with E-state index >= 15 is 0 Å². The monoisotopic (exact) mass is 271 g/mol. The van der Waals surface area contributed by atoms with Gasteiger partial charge in [0.15, 0.2) is 0 Å². The van der Waals surface area contributed by atoms with Crippen molar-refractivity contribution in [3.8, 4) is 0 Å².